The van der Waals surface area contributed by atoms with Gasteiger partial charge in [-0.3, -0.25) is 0 Å². The number of nitrogens with two attached hydrogens (primary N) is 1. The Bertz CT molecular complexity index is 356. The normalized spacial score (nSPS) is 20.2. The number of rotatable bonds is 5. The Morgan fingerprint density at radius 3 is 2.83 bits per heavy atom. The van der Waals surface area contributed by atoms with Gasteiger partial charge in [-0.15, -0.1) is 11.3 Å². The van der Waals surface area contributed by atoms with Crippen molar-refractivity contribution < 1.29 is 0 Å². The molecule has 18 heavy (non-hydrogen) atoms. The zero-order chi connectivity index (χ0) is 13.0. The van der Waals surface area contributed by atoms with E-state index in [0.717, 1.165) is 12.5 Å². The molecule has 1 aliphatic heterocycles. The lowest BCUT2D eigenvalue weighted by atomic mass is 9.94. The molecular formula is C14H25N3S. The van der Waals surface area contributed by atoms with Crippen LogP contribution in [0.15, 0.2) is 6.20 Å². The van der Waals surface area contributed by atoms with E-state index in [1.165, 1.54) is 48.8 Å². The minimum atomic E-state index is 0.457. The Morgan fingerprint density at radius 1 is 1.50 bits per heavy atom. The number of hydrogen-bond donors (Lipinski definition) is 1. The molecule has 2 rings (SSSR count). The van der Waals surface area contributed by atoms with Crippen molar-refractivity contribution in [1.82, 2.24) is 9.88 Å². The third kappa shape index (κ3) is 3.53. The summed E-state index contributed by atoms with van der Waals surface area (Å²) in [5, 5.41) is 1.31. The number of hydrogen-bond acceptors (Lipinski definition) is 4. The van der Waals surface area contributed by atoms with Crippen LogP contribution in [0.3, 0.4) is 0 Å². The molecule has 102 valence electrons. The van der Waals surface area contributed by atoms with Gasteiger partial charge in [0.25, 0.3) is 0 Å². The molecule has 1 unspecified atom stereocenters. The number of thiazole rings is 1. The molecule has 2 N–H and O–H groups in total. The van der Waals surface area contributed by atoms with E-state index in [9.17, 15) is 0 Å². The topological polar surface area (TPSA) is 42.2 Å². The van der Waals surface area contributed by atoms with Crippen molar-refractivity contribution in [3.8, 4) is 0 Å². The molecule has 1 atom stereocenters. The highest BCUT2D eigenvalue weighted by atomic mass is 32.1. The molecule has 1 aliphatic rings. The molecule has 0 amide bonds. The van der Waals surface area contributed by atoms with Crippen molar-refractivity contribution in [1.29, 1.82) is 0 Å². The maximum absolute atomic E-state index is 5.70. The lowest BCUT2D eigenvalue weighted by Gasteiger charge is -2.30. The fourth-order valence-corrected chi connectivity index (χ4v) is 3.62. The Labute approximate surface area is 114 Å². The summed E-state index contributed by atoms with van der Waals surface area (Å²) in [5.41, 5.74) is 5.70. The zero-order valence-electron chi connectivity index (χ0n) is 11.6. The van der Waals surface area contributed by atoms with E-state index in [-0.39, 0.29) is 0 Å². The fraction of sp³-hybridized carbons (Fsp3) is 0.786. The molecule has 2 heterocycles. The first kappa shape index (κ1) is 14.0. The predicted octanol–water partition coefficient (Wildman–Crippen LogP) is 2.48. The van der Waals surface area contributed by atoms with Gasteiger partial charge in [0.15, 0.2) is 0 Å². The van der Waals surface area contributed by atoms with Crippen LogP contribution in [-0.2, 0) is 6.42 Å². The Kier molecular flexibility index (Phi) is 5.15. The van der Waals surface area contributed by atoms with Gasteiger partial charge < -0.3 is 10.6 Å². The average Bonchev–Trinajstić information content (AvgIpc) is 2.87. The van der Waals surface area contributed by atoms with E-state index in [0.29, 0.717) is 5.92 Å². The SMILES string of the molecule is CCN1CCC(Cc2ncc(C(C)CN)s2)CC1. The van der Waals surface area contributed by atoms with Crippen molar-refractivity contribution in [2.24, 2.45) is 11.7 Å². The molecule has 0 spiro atoms. The van der Waals surface area contributed by atoms with E-state index in [1.807, 2.05) is 17.5 Å². The molecule has 0 saturated carbocycles. The van der Waals surface area contributed by atoms with Gasteiger partial charge in [0, 0.05) is 23.4 Å². The van der Waals surface area contributed by atoms with E-state index < -0.39 is 0 Å². The van der Waals surface area contributed by atoms with Gasteiger partial charge in [0.2, 0.25) is 0 Å². The molecule has 1 aromatic rings. The first-order valence-electron chi connectivity index (χ1n) is 7.10. The van der Waals surface area contributed by atoms with Crippen LogP contribution in [0.25, 0.3) is 0 Å². The monoisotopic (exact) mass is 267 g/mol. The molecule has 1 aromatic heterocycles. The Morgan fingerprint density at radius 2 is 2.22 bits per heavy atom. The second-order valence-electron chi connectivity index (χ2n) is 5.37. The lowest BCUT2D eigenvalue weighted by Crippen LogP contribution is -2.33. The minimum absolute atomic E-state index is 0.457. The standard InChI is InChI=1S/C14H25N3S/c1-3-17-6-4-12(5-7-17)8-14-16-10-13(18-14)11(2)9-15/h10-12H,3-9,15H2,1-2H3. The number of piperidine rings is 1. The first-order chi connectivity index (χ1) is 8.72. The average molecular weight is 267 g/mol. The van der Waals surface area contributed by atoms with Crippen LogP contribution in [0.4, 0.5) is 0 Å². The molecule has 1 fully saturated rings. The highest BCUT2D eigenvalue weighted by Gasteiger charge is 2.19. The Balaban J connectivity index is 1.85. The minimum Gasteiger partial charge on any atom is -0.330 e. The third-order valence-electron chi connectivity index (χ3n) is 4.03. The fourth-order valence-electron chi connectivity index (χ4n) is 2.52. The maximum atomic E-state index is 5.70. The van der Waals surface area contributed by atoms with Gasteiger partial charge in [-0.2, -0.15) is 0 Å². The van der Waals surface area contributed by atoms with Gasteiger partial charge in [-0.1, -0.05) is 13.8 Å². The van der Waals surface area contributed by atoms with Gasteiger partial charge >= 0.3 is 0 Å². The smallest absolute Gasteiger partial charge is 0.0930 e. The van der Waals surface area contributed by atoms with Crippen molar-refractivity contribution >= 4 is 11.3 Å². The summed E-state index contributed by atoms with van der Waals surface area (Å²) < 4.78 is 0. The second kappa shape index (κ2) is 6.64. The second-order valence-corrected chi connectivity index (χ2v) is 6.52. The molecule has 1 saturated heterocycles. The molecule has 0 aliphatic carbocycles. The van der Waals surface area contributed by atoms with Crippen molar-refractivity contribution in [3.05, 3.63) is 16.1 Å². The quantitative estimate of drug-likeness (QED) is 0.891. The van der Waals surface area contributed by atoms with E-state index in [1.54, 1.807) is 0 Å². The van der Waals surface area contributed by atoms with Crippen molar-refractivity contribution in [3.63, 3.8) is 0 Å². The van der Waals surface area contributed by atoms with E-state index >= 15 is 0 Å². The maximum Gasteiger partial charge on any atom is 0.0930 e. The highest BCUT2D eigenvalue weighted by molar-refractivity contribution is 7.11. The third-order valence-corrected chi connectivity index (χ3v) is 5.28. The summed E-state index contributed by atoms with van der Waals surface area (Å²) in [4.78, 5) is 8.46. The molecule has 0 aromatic carbocycles. The van der Waals surface area contributed by atoms with Crippen LogP contribution in [0, 0.1) is 5.92 Å². The van der Waals surface area contributed by atoms with Crippen LogP contribution < -0.4 is 5.73 Å². The predicted molar refractivity (Wildman–Crippen MR) is 78.1 cm³/mol. The summed E-state index contributed by atoms with van der Waals surface area (Å²) in [6, 6.07) is 0. The van der Waals surface area contributed by atoms with Crippen LogP contribution in [0.2, 0.25) is 0 Å². The molecule has 3 nitrogen and oxygen atoms in total. The van der Waals surface area contributed by atoms with Crippen molar-refractivity contribution in [2.45, 2.75) is 39.0 Å². The van der Waals surface area contributed by atoms with Gasteiger partial charge in [-0.05, 0) is 44.9 Å². The van der Waals surface area contributed by atoms with Gasteiger partial charge in [0.05, 0.1) is 5.01 Å². The molecule has 0 radical (unpaired) electrons. The van der Waals surface area contributed by atoms with Crippen LogP contribution in [0.1, 0.15) is 42.5 Å². The van der Waals surface area contributed by atoms with Crippen LogP contribution >= 0.6 is 11.3 Å². The number of nitrogens with zero attached hydrogens (tertiary/aromatic N) is 2. The van der Waals surface area contributed by atoms with Crippen LogP contribution in [-0.4, -0.2) is 36.1 Å². The zero-order valence-corrected chi connectivity index (χ0v) is 12.4. The summed E-state index contributed by atoms with van der Waals surface area (Å²) in [6.07, 6.45) is 5.85. The highest BCUT2D eigenvalue weighted by Crippen LogP contribution is 2.26. The summed E-state index contributed by atoms with van der Waals surface area (Å²) in [7, 11) is 0. The lowest BCUT2D eigenvalue weighted by molar-refractivity contribution is 0.192. The summed E-state index contributed by atoms with van der Waals surface area (Å²) in [6.45, 7) is 8.87. The Hall–Kier alpha value is -0.450. The van der Waals surface area contributed by atoms with Crippen molar-refractivity contribution in [2.75, 3.05) is 26.2 Å². The van der Waals surface area contributed by atoms with E-state index in [2.05, 4.69) is 23.7 Å². The van der Waals surface area contributed by atoms with Gasteiger partial charge in [0.1, 0.15) is 0 Å². The molecule has 4 heteroatoms. The summed E-state index contributed by atoms with van der Waals surface area (Å²) >= 11 is 1.86. The number of aromatic nitrogens is 1. The van der Waals surface area contributed by atoms with Gasteiger partial charge in [-0.25, -0.2) is 4.98 Å². The van der Waals surface area contributed by atoms with E-state index in [4.69, 9.17) is 5.73 Å². The molecule has 0 bridgehead atoms. The largest absolute Gasteiger partial charge is 0.330 e. The number of likely N-dealkylation sites (tertiary alicyclic amines) is 1. The first-order valence-corrected chi connectivity index (χ1v) is 7.91. The molecular weight excluding hydrogens is 242 g/mol. The summed E-state index contributed by atoms with van der Waals surface area (Å²) in [5.74, 6) is 1.29. The van der Waals surface area contributed by atoms with Crippen LogP contribution in [0.5, 0.6) is 0 Å².